The standard InChI is InChI=1S/C15H27O2/c1-2-3-6-11-15(16)17-13-12-14-9-7-4-5-8-10-14/h14H,1-13H2. The minimum Gasteiger partial charge on any atom is -0.466 e. The van der Waals surface area contributed by atoms with Crippen LogP contribution in [0.2, 0.25) is 0 Å². The zero-order valence-corrected chi connectivity index (χ0v) is 11.1. The molecule has 1 fully saturated rings. The highest BCUT2D eigenvalue weighted by Crippen LogP contribution is 2.25. The number of carbonyl (C=O) groups excluding carboxylic acids is 1. The SMILES string of the molecule is [CH2]CCCCC(=O)OCCC1CCCCCC1. The molecule has 0 saturated heterocycles. The van der Waals surface area contributed by atoms with Crippen molar-refractivity contribution in [2.75, 3.05) is 6.61 Å². The first-order valence-electron chi connectivity index (χ1n) is 7.28. The van der Waals surface area contributed by atoms with E-state index in [9.17, 15) is 4.79 Å². The van der Waals surface area contributed by atoms with Crippen LogP contribution in [0.3, 0.4) is 0 Å². The molecule has 0 N–H and O–H groups in total. The maximum atomic E-state index is 11.4. The van der Waals surface area contributed by atoms with Gasteiger partial charge in [-0.3, -0.25) is 4.79 Å². The summed E-state index contributed by atoms with van der Waals surface area (Å²) in [5.74, 6) is 0.775. The van der Waals surface area contributed by atoms with E-state index in [1.54, 1.807) is 0 Å². The molecule has 0 unspecified atom stereocenters. The summed E-state index contributed by atoms with van der Waals surface area (Å²) in [5.41, 5.74) is 0. The third-order valence-electron chi connectivity index (χ3n) is 3.64. The molecule has 0 amide bonds. The average Bonchev–Trinajstić information content (AvgIpc) is 2.58. The largest absolute Gasteiger partial charge is 0.466 e. The highest BCUT2D eigenvalue weighted by molar-refractivity contribution is 5.69. The minimum absolute atomic E-state index is 0.0212. The molecule has 0 aromatic rings. The van der Waals surface area contributed by atoms with Gasteiger partial charge in [0.2, 0.25) is 0 Å². The van der Waals surface area contributed by atoms with Gasteiger partial charge in [0, 0.05) is 6.42 Å². The maximum absolute atomic E-state index is 11.4. The van der Waals surface area contributed by atoms with Gasteiger partial charge in [-0.25, -0.2) is 0 Å². The Morgan fingerprint density at radius 3 is 2.47 bits per heavy atom. The lowest BCUT2D eigenvalue weighted by Gasteiger charge is -2.13. The van der Waals surface area contributed by atoms with E-state index >= 15 is 0 Å². The quantitative estimate of drug-likeness (QED) is 0.376. The predicted molar refractivity (Wildman–Crippen MR) is 70.6 cm³/mol. The fraction of sp³-hybridized carbons (Fsp3) is 0.867. The van der Waals surface area contributed by atoms with Crippen molar-refractivity contribution in [1.29, 1.82) is 0 Å². The average molecular weight is 239 g/mol. The van der Waals surface area contributed by atoms with Crippen LogP contribution in [0.15, 0.2) is 0 Å². The topological polar surface area (TPSA) is 26.3 Å². The van der Waals surface area contributed by atoms with Gasteiger partial charge in [0.15, 0.2) is 0 Å². The fourth-order valence-corrected chi connectivity index (χ4v) is 2.51. The zero-order valence-electron chi connectivity index (χ0n) is 11.1. The molecule has 0 heterocycles. The van der Waals surface area contributed by atoms with E-state index in [1.807, 2.05) is 0 Å². The first-order chi connectivity index (χ1) is 8.33. The highest BCUT2D eigenvalue weighted by Gasteiger charge is 2.12. The van der Waals surface area contributed by atoms with Gasteiger partial charge in [-0.05, 0) is 18.8 Å². The number of unbranched alkanes of at least 4 members (excludes halogenated alkanes) is 2. The van der Waals surface area contributed by atoms with Crippen LogP contribution in [-0.2, 0) is 9.53 Å². The second kappa shape index (κ2) is 9.49. The van der Waals surface area contributed by atoms with E-state index in [0.29, 0.717) is 13.0 Å². The van der Waals surface area contributed by atoms with Gasteiger partial charge < -0.3 is 4.74 Å². The minimum atomic E-state index is -0.0212. The van der Waals surface area contributed by atoms with Crippen molar-refractivity contribution < 1.29 is 9.53 Å². The monoisotopic (exact) mass is 239 g/mol. The summed E-state index contributed by atoms with van der Waals surface area (Å²) in [7, 11) is 0. The van der Waals surface area contributed by atoms with Crippen LogP contribution in [0.25, 0.3) is 0 Å². The van der Waals surface area contributed by atoms with Crippen LogP contribution in [0.5, 0.6) is 0 Å². The van der Waals surface area contributed by atoms with Crippen molar-refractivity contribution in [1.82, 2.24) is 0 Å². The molecular formula is C15H27O2. The molecule has 1 rings (SSSR count). The van der Waals surface area contributed by atoms with Gasteiger partial charge in [-0.1, -0.05) is 58.3 Å². The Labute approximate surface area is 106 Å². The van der Waals surface area contributed by atoms with Gasteiger partial charge in [-0.15, -0.1) is 0 Å². The van der Waals surface area contributed by atoms with E-state index in [0.717, 1.165) is 31.6 Å². The molecule has 99 valence electrons. The Morgan fingerprint density at radius 2 is 1.82 bits per heavy atom. The van der Waals surface area contributed by atoms with Crippen molar-refractivity contribution in [3.8, 4) is 0 Å². The molecule has 17 heavy (non-hydrogen) atoms. The van der Waals surface area contributed by atoms with E-state index in [4.69, 9.17) is 4.74 Å². The number of ether oxygens (including phenoxy) is 1. The third kappa shape index (κ3) is 7.40. The lowest BCUT2D eigenvalue weighted by atomic mass is 9.97. The maximum Gasteiger partial charge on any atom is 0.305 e. The molecule has 0 aliphatic heterocycles. The first-order valence-corrected chi connectivity index (χ1v) is 7.28. The Morgan fingerprint density at radius 1 is 1.12 bits per heavy atom. The summed E-state index contributed by atoms with van der Waals surface area (Å²) in [4.78, 5) is 11.4. The van der Waals surface area contributed by atoms with Gasteiger partial charge >= 0.3 is 5.97 Å². The van der Waals surface area contributed by atoms with Crippen LogP contribution >= 0.6 is 0 Å². The molecular weight excluding hydrogens is 212 g/mol. The number of rotatable bonds is 7. The molecule has 1 aliphatic rings. The van der Waals surface area contributed by atoms with Crippen molar-refractivity contribution in [3.63, 3.8) is 0 Å². The smallest absolute Gasteiger partial charge is 0.305 e. The van der Waals surface area contributed by atoms with Gasteiger partial charge in [0.1, 0.15) is 0 Å². The fourth-order valence-electron chi connectivity index (χ4n) is 2.51. The Kier molecular flexibility index (Phi) is 8.12. The summed E-state index contributed by atoms with van der Waals surface area (Å²) in [6.07, 6.45) is 12.7. The van der Waals surface area contributed by atoms with Gasteiger partial charge in [0.05, 0.1) is 6.61 Å². The third-order valence-corrected chi connectivity index (χ3v) is 3.64. The molecule has 0 atom stereocenters. The van der Waals surface area contributed by atoms with Crippen LogP contribution in [0, 0.1) is 12.8 Å². The van der Waals surface area contributed by atoms with Crippen molar-refractivity contribution in [2.45, 2.75) is 70.6 Å². The lowest BCUT2D eigenvalue weighted by Crippen LogP contribution is -2.09. The number of hydrogen-bond acceptors (Lipinski definition) is 2. The van der Waals surface area contributed by atoms with E-state index < -0.39 is 0 Å². The molecule has 0 aromatic heterocycles. The first kappa shape index (κ1) is 14.5. The lowest BCUT2D eigenvalue weighted by molar-refractivity contribution is -0.144. The molecule has 2 heteroatoms. The van der Waals surface area contributed by atoms with E-state index in [1.165, 1.54) is 38.5 Å². The number of hydrogen-bond donors (Lipinski definition) is 0. The second-order valence-electron chi connectivity index (χ2n) is 5.18. The number of carbonyl (C=O) groups is 1. The molecule has 1 saturated carbocycles. The predicted octanol–water partition coefficient (Wildman–Crippen LogP) is 4.28. The van der Waals surface area contributed by atoms with Crippen molar-refractivity contribution in [2.24, 2.45) is 5.92 Å². The molecule has 0 spiro atoms. The molecule has 1 aliphatic carbocycles. The molecule has 1 radical (unpaired) electrons. The van der Waals surface area contributed by atoms with Crippen LogP contribution in [-0.4, -0.2) is 12.6 Å². The molecule has 0 aromatic carbocycles. The summed E-state index contributed by atoms with van der Waals surface area (Å²) in [5, 5.41) is 0. The highest BCUT2D eigenvalue weighted by atomic mass is 16.5. The summed E-state index contributed by atoms with van der Waals surface area (Å²) >= 11 is 0. The molecule has 2 nitrogen and oxygen atoms in total. The van der Waals surface area contributed by atoms with Crippen molar-refractivity contribution >= 4 is 5.97 Å². The summed E-state index contributed by atoms with van der Waals surface area (Å²) < 4.78 is 5.27. The van der Waals surface area contributed by atoms with Crippen molar-refractivity contribution in [3.05, 3.63) is 6.92 Å². The van der Waals surface area contributed by atoms with Crippen LogP contribution in [0.4, 0.5) is 0 Å². The van der Waals surface area contributed by atoms with E-state index in [2.05, 4.69) is 6.92 Å². The normalized spacial score (nSPS) is 17.7. The van der Waals surface area contributed by atoms with E-state index in [-0.39, 0.29) is 5.97 Å². The second-order valence-corrected chi connectivity index (χ2v) is 5.18. The Hall–Kier alpha value is -0.530. The van der Waals surface area contributed by atoms with Crippen LogP contribution < -0.4 is 0 Å². The Balaban J connectivity index is 1.99. The number of esters is 1. The Bertz CT molecular complexity index is 193. The summed E-state index contributed by atoms with van der Waals surface area (Å²) in [6, 6.07) is 0. The zero-order chi connectivity index (χ0) is 12.3. The van der Waals surface area contributed by atoms with Gasteiger partial charge in [-0.2, -0.15) is 0 Å². The summed E-state index contributed by atoms with van der Waals surface area (Å²) in [6.45, 7) is 4.40. The van der Waals surface area contributed by atoms with Gasteiger partial charge in [0.25, 0.3) is 0 Å². The van der Waals surface area contributed by atoms with Crippen LogP contribution in [0.1, 0.15) is 70.6 Å². The molecule has 0 bridgehead atoms.